The van der Waals surface area contributed by atoms with Gasteiger partial charge in [-0.3, -0.25) is 9.10 Å². The number of sulfonamides is 1. The number of para-hydroxylation sites is 1. The number of anilines is 1. The summed E-state index contributed by atoms with van der Waals surface area (Å²) >= 11 is 13.8. The zero-order valence-corrected chi connectivity index (χ0v) is 16.6. The third-order valence-electron chi connectivity index (χ3n) is 3.13. The van der Waals surface area contributed by atoms with E-state index in [9.17, 15) is 13.2 Å². The maximum atomic E-state index is 13.0. The summed E-state index contributed by atoms with van der Waals surface area (Å²) in [6.07, 6.45) is -0.328. The normalized spacial score (nSPS) is 11.3. The SMILES string of the molecule is O=C(O)CCN(c1ccccc1I)S(=O)(=O)c1ccc(Cl)c(Cl)c1. The van der Waals surface area contributed by atoms with Crippen molar-refractivity contribution in [3.8, 4) is 0 Å². The summed E-state index contributed by atoms with van der Waals surface area (Å²) in [5.41, 5.74) is 0.408. The third-order valence-corrected chi connectivity index (χ3v) is 6.59. The molecule has 0 atom stereocenters. The van der Waals surface area contributed by atoms with Gasteiger partial charge in [-0.15, -0.1) is 0 Å². The first kappa shape index (κ1) is 19.3. The van der Waals surface area contributed by atoms with E-state index < -0.39 is 16.0 Å². The van der Waals surface area contributed by atoms with Gasteiger partial charge in [0, 0.05) is 10.1 Å². The van der Waals surface area contributed by atoms with Crippen molar-refractivity contribution >= 4 is 67.5 Å². The van der Waals surface area contributed by atoms with Crippen LogP contribution in [0.1, 0.15) is 6.42 Å². The first-order chi connectivity index (χ1) is 11.2. The Labute approximate surface area is 163 Å². The minimum Gasteiger partial charge on any atom is -0.481 e. The number of carboxylic acid groups (broad SMARTS) is 1. The number of halogens is 3. The molecule has 0 aliphatic heterocycles. The Hall–Kier alpha value is -1.03. The molecular weight excluding hydrogens is 488 g/mol. The van der Waals surface area contributed by atoms with Gasteiger partial charge in [-0.2, -0.15) is 0 Å². The van der Waals surface area contributed by atoms with Crippen LogP contribution in [0.2, 0.25) is 10.0 Å². The van der Waals surface area contributed by atoms with Crippen LogP contribution in [0.5, 0.6) is 0 Å². The Morgan fingerprint density at radius 1 is 1.12 bits per heavy atom. The highest BCUT2D eigenvalue weighted by Gasteiger charge is 2.27. The van der Waals surface area contributed by atoms with Crippen LogP contribution in [0.4, 0.5) is 5.69 Å². The van der Waals surface area contributed by atoms with Gasteiger partial charge in [0.05, 0.1) is 27.0 Å². The molecule has 5 nitrogen and oxygen atoms in total. The van der Waals surface area contributed by atoms with Crippen molar-refractivity contribution in [1.29, 1.82) is 0 Å². The third kappa shape index (κ3) is 4.33. The van der Waals surface area contributed by atoms with Crippen LogP contribution >= 0.6 is 45.8 Å². The quantitative estimate of drug-likeness (QED) is 0.602. The summed E-state index contributed by atoms with van der Waals surface area (Å²) in [5.74, 6) is -1.09. The number of carboxylic acids is 1. The van der Waals surface area contributed by atoms with E-state index in [0.717, 1.165) is 4.31 Å². The monoisotopic (exact) mass is 499 g/mol. The molecule has 0 unspecified atom stereocenters. The van der Waals surface area contributed by atoms with Gasteiger partial charge in [0.15, 0.2) is 0 Å². The molecule has 0 amide bonds. The molecule has 0 heterocycles. The predicted molar refractivity (Wildman–Crippen MR) is 102 cm³/mol. The van der Waals surface area contributed by atoms with Gasteiger partial charge >= 0.3 is 5.97 Å². The fourth-order valence-electron chi connectivity index (χ4n) is 1.99. The molecular formula is C15H12Cl2INO4S. The molecule has 0 fully saturated rings. The lowest BCUT2D eigenvalue weighted by Crippen LogP contribution is -2.33. The maximum absolute atomic E-state index is 13.0. The molecule has 128 valence electrons. The second-order valence-corrected chi connectivity index (χ2v) is 8.59. The molecule has 0 radical (unpaired) electrons. The second-order valence-electron chi connectivity index (χ2n) is 4.75. The van der Waals surface area contributed by atoms with Crippen molar-refractivity contribution in [3.63, 3.8) is 0 Å². The Bertz CT molecular complexity index is 874. The van der Waals surface area contributed by atoms with Gasteiger partial charge in [0.25, 0.3) is 10.0 Å². The van der Waals surface area contributed by atoms with E-state index in [1.807, 2.05) is 22.6 Å². The minimum atomic E-state index is -3.99. The van der Waals surface area contributed by atoms with Crippen molar-refractivity contribution in [2.75, 3.05) is 10.8 Å². The fraction of sp³-hybridized carbons (Fsp3) is 0.133. The molecule has 0 aromatic heterocycles. The van der Waals surface area contributed by atoms with E-state index in [2.05, 4.69) is 0 Å². The summed E-state index contributed by atoms with van der Waals surface area (Å²) in [4.78, 5) is 10.9. The molecule has 1 N–H and O–H groups in total. The number of aliphatic carboxylic acids is 1. The van der Waals surface area contributed by atoms with Gasteiger partial charge in [-0.1, -0.05) is 35.3 Å². The topological polar surface area (TPSA) is 74.7 Å². The van der Waals surface area contributed by atoms with E-state index in [0.29, 0.717) is 9.26 Å². The van der Waals surface area contributed by atoms with Crippen molar-refractivity contribution < 1.29 is 18.3 Å². The van der Waals surface area contributed by atoms with Crippen molar-refractivity contribution in [2.45, 2.75) is 11.3 Å². The van der Waals surface area contributed by atoms with Crippen LogP contribution in [-0.2, 0) is 14.8 Å². The fourth-order valence-corrected chi connectivity index (χ4v) is 4.70. The summed E-state index contributed by atoms with van der Waals surface area (Å²) in [7, 11) is -3.99. The van der Waals surface area contributed by atoms with Gasteiger partial charge in [-0.25, -0.2) is 8.42 Å². The van der Waals surface area contributed by atoms with Crippen LogP contribution in [0, 0.1) is 3.57 Å². The zero-order valence-electron chi connectivity index (χ0n) is 12.1. The number of hydrogen-bond acceptors (Lipinski definition) is 3. The molecule has 0 saturated heterocycles. The van der Waals surface area contributed by atoms with E-state index in [4.69, 9.17) is 28.3 Å². The lowest BCUT2D eigenvalue weighted by molar-refractivity contribution is -0.136. The number of hydrogen-bond donors (Lipinski definition) is 1. The number of carbonyl (C=O) groups is 1. The van der Waals surface area contributed by atoms with Crippen LogP contribution in [0.3, 0.4) is 0 Å². The molecule has 2 aromatic carbocycles. The summed E-state index contributed by atoms with van der Waals surface area (Å²) < 4.78 is 27.7. The van der Waals surface area contributed by atoms with Crippen molar-refractivity contribution in [3.05, 3.63) is 56.1 Å². The minimum absolute atomic E-state index is 0.0538. The number of benzene rings is 2. The van der Waals surface area contributed by atoms with Gasteiger partial charge < -0.3 is 5.11 Å². The Morgan fingerprint density at radius 2 is 1.79 bits per heavy atom. The average molecular weight is 500 g/mol. The van der Waals surface area contributed by atoms with Gasteiger partial charge in [0.1, 0.15) is 0 Å². The van der Waals surface area contributed by atoms with Crippen molar-refractivity contribution in [2.24, 2.45) is 0 Å². The molecule has 0 aliphatic carbocycles. The Morgan fingerprint density at radius 3 is 2.38 bits per heavy atom. The maximum Gasteiger partial charge on any atom is 0.305 e. The highest BCUT2D eigenvalue weighted by molar-refractivity contribution is 14.1. The van der Waals surface area contributed by atoms with Crippen LogP contribution in [0.25, 0.3) is 0 Å². The first-order valence-electron chi connectivity index (χ1n) is 6.67. The van der Waals surface area contributed by atoms with Gasteiger partial charge in [-0.05, 0) is 52.9 Å². The van der Waals surface area contributed by atoms with Crippen LogP contribution in [0.15, 0.2) is 47.4 Å². The molecule has 0 bridgehead atoms. The number of nitrogens with zero attached hydrogens (tertiary/aromatic N) is 1. The number of rotatable bonds is 6. The molecule has 0 spiro atoms. The average Bonchev–Trinajstić information content (AvgIpc) is 2.51. The Balaban J connectivity index is 2.54. The smallest absolute Gasteiger partial charge is 0.305 e. The molecule has 9 heteroatoms. The Kier molecular flexibility index (Phi) is 6.35. The van der Waals surface area contributed by atoms with Crippen LogP contribution in [-0.4, -0.2) is 26.0 Å². The highest BCUT2D eigenvalue weighted by atomic mass is 127. The zero-order chi connectivity index (χ0) is 17.9. The standard InChI is InChI=1S/C15H12Cl2INO4S/c16-11-6-5-10(9-12(11)17)24(22,23)19(8-7-15(20)21)14-4-2-1-3-13(14)18/h1-6,9H,7-8H2,(H,20,21). The lowest BCUT2D eigenvalue weighted by atomic mass is 10.3. The highest BCUT2D eigenvalue weighted by Crippen LogP contribution is 2.31. The van der Waals surface area contributed by atoms with E-state index in [1.165, 1.54) is 18.2 Å². The molecule has 24 heavy (non-hydrogen) atoms. The first-order valence-corrected chi connectivity index (χ1v) is 9.95. The van der Waals surface area contributed by atoms with E-state index >= 15 is 0 Å². The second kappa shape index (κ2) is 7.90. The van der Waals surface area contributed by atoms with E-state index in [-0.39, 0.29) is 27.9 Å². The summed E-state index contributed by atoms with van der Waals surface area (Å²) in [6.45, 7) is -0.197. The largest absolute Gasteiger partial charge is 0.481 e. The summed E-state index contributed by atoms with van der Waals surface area (Å²) in [5, 5.41) is 9.28. The van der Waals surface area contributed by atoms with Gasteiger partial charge in [0.2, 0.25) is 0 Å². The predicted octanol–water partition coefficient (Wildman–Crippen LogP) is 4.27. The molecule has 0 saturated carbocycles. The van der Waals surface area contributed by atoms with E-state index in [1.54, 1.807) is 24.3 Å². The van der Waals surface area contributed by atoms with Crippen molar-refractivity contribution in [1.82, 2.24) is 0 Å². The lowest BCUT2D eigenvalue weighted by Gasteiger charge is -2.25. The van der Waals surface area contributed by atoms with Crippen LogP contribution < -0.4 is 4.31 Å². The molecule has 2 aromatic rings. The molecule has 0 aliphatic rings. The molecule has 2 rings (SSSR count). The summed E-state index contributed by atoms with van der Waals surface area (Å²) in [6, 6.07) is 10.8.